The third-order valence-corrected chi connectivity index (χ3v) is 3.42. The lowest BCUT2D eigenvalue weighted by atomic mass is 10.3. The molecule has 4 nitrogen and oxygen atoms in total. The Labute approximate surface area is 115 Å². The van der Waals surface area contributed by atoms with Crippen molar-refractivity contribution in [2.45, 2.75) is 13.5 Å². The Bertz CT molecular complexity index is 551. The number of halogens is 1. The van der Waals surface area contributed by atoms with Crippen LogP contribution in [0.3, 0.4) is 0 Å². The molecule has 0 spiro atoms. The van der Waals surface area contributed by atoms with Crippen LogP contribution in [-0.2, 0) is 13.6 Å². The van der Waals surface area contributed by atoms with Crippen LogP contribution in [0, 0.1) is 6.92 Å². The summed E-state index contributed by atoms with van der Waals surface area (Å²) in [5.41, 5.74) is 3.18. The molecule has 0 aliphatic carbocycles. The highest BCUT2D eigenvalue weighted by Crippen LogP contribution is 2.27. The van der Waals surface area contributed by atoms with Gasteiger partial charge in [-0.15, -0.1) is 0 Å². The molecule has 2 rings (SSSR count). The summed E-state index contributed by atoms with van der Waals surface area (Å²) in [5, 5.41) is 7.69. The summed E-state index contributed by atoms with van der Waals surface area (Å²) in [6.07, 6.45) is 0. The molecule has 0 saturated carbocycles. The fraction of sp³-hybridized carbons (Fsp3) is 0.308. The predicted molar refractivity (Wildman–Crippen MR) is 76.0 cm³/mol. The summed E-state index contributed by atoms with van der Waals surface area (Å²) in [5.74, 6) is 0.835. The summed E-state index contributed by atoms with van der Waals surface area (Å²) in [6.45, 7) is 2.72. The van der Waals surface area contributed by atoms with Gasteiger partial charge >= 0.3 is 0 Å². The number of rotatable bonds is 4. The van der Waals surface area contributed by atoms with Crippen molar-refractivity contribution in [3.63, 3.8) is 0 Å². The van der Waals surface area contributed by atoms with E-state index < -0.39 is 0 Å². The molecule has 0 fully saturated rings. The number of nitrogens with one attached hydrogen (secondary N) is 1. The second-order valence-corrected chi connectivity index (χ2v) is 4.95. The number of aromatic nitrogens is 2. The van der Waals surface area contributed by atoms with Crippen molar-refractivity contribution in [2.75, 3.05) is 12.4 Å². The minimum atomic E-state index is 0.725. The van der Waals surface area contributed by atoms with Crippen LogP contribution in [-0.4, -0.2) is 16.9 Å². The first-order chi connectivity index (χ1) is 8.60. The van der Waals surface area contributed by atoms with E-state index in [1.165, 1.54) is 0 Å². The molecule has 0 unspecified atom stereocenters. The molecule has 18 heavy (non-hydrogen) atoms. The number of methoxy groups -OCH3 is 1. The molecule has 1 aromatic carbocycles. The van der Waals surface area contributed by atoms with E-state index in [-0.39, 0.29) is 0 Å². The fourth-order valence-corrected chi connectivity index (χ4v) is 2.17. The summed E-state index contributed by atoms with van der Waals surface area (Å²) in [4.78, 5) is 0. The van der Waals surface area contributed by atoms with Gasteiger partial charge in [0, 0.05) is 17.6 Å². The Kier molecular flexibility index (Phi) is 3.91. The van der Waals surface area contributed by atoms with Gasteiger partial charge in [-0.2, -0.15) is 5.10 Å². The zero-order chi connectivity index (χ0) is 13.1. The molecule has 1 N–H and O–H groups in total. The minimum absolute atomic E-state index is 0.725. The number of ether oxygens (including phenoxy) is 1. The molecule has 0 aliphatic rings. The van der Waals surface area contributed by atoms with E-state index >= 15 is 0 Å². The van der Waals surface area contributed by atoms with Crippen LogP contribution in [0.4, 0.5) is 5.69 Å². The van der Waals surface area contributed by atoms with Crippen molar-refractivity contribution in [1.82, 2.24) is 9.78 Å². The topological polar surface area (TPSA) is 39.1 Å². The third-order valence-electron chi connectivity index (χ3n) is 2.73. The lowest BCUT2D eigenvalue weighted by Gasteiger charge is -2.10. The monoisotopic (exact) mass is 309 g/mol. The normalized spacial score (nSPS) is 10.4. The minimum Gasteiger partial charge on any atom is -0.497 e. The van der Waals surface area contributed by atoms with Gasteiger partial charge in [0.2, 0.25) is 0 Å². The van der Waals surface area contributed by atoms with Gasteiger partial charge < -0.3 is 10.1 Å². The number of hydrogen-bond acceptors (Lipinski definition) is 3. The average molecular weight is 310 g/mol. The summed E-state index contributed by atoms with van der Waals surface area (Å²) < 4.78 is 8.11. The number of hydrogen-bond donors (Lipinski definition) is 1. The molecular formula is C13H16BrN3O. The zero-order valence-electron chi connectivity index (χ0n) is 10.7. The van der Waals surface area contributed by atoms with E-state index in [0.29, 0.717) is 0 Å². The lowest BCUT2D eigenvalue weighted by Crippen LogP contribution is -2.05. The maximum atomic E-state index is 5.21. The molecule has 2 aromatic rings. The molecule has 96 valence electrons. The molecular weight excluding hydrogens is 294 g/mol. The van der Waals surface area contributed by atoms with Gasteiger partial charge in [-0.1, -0.05) is 0 Å². The molecule has 0 amide bonds. The molecule has 0 bridgehead atoms. The van der Waals surface area contributed by atoms with Gasteiger partial charge in [-0.05, 0) is 41.1 Å². The summed E-state index contributed by atoms with van der Waals surface area (Å²) in [7, 11) is 3.61. The highest BCUT2D eigenvalue weighted by atomic mass is 79.9. The van der Waals surface area contributed by atoms with Crippen molar-refractivity contribution >= 4 is 21.6 Å². The Balaban J connectivity index is 2.12. The van der Waals surface area contributed by atoms with Crippen molar-refractivity contribution in [3.05, 3.63) is 40.1 Å². The van der Waals surface area contributed by atoms with Crippen LogP contribution >= 0.6 is 15.9 Å². The fourth-order valence-electron chi connectivity index (χ4n) is 1.78. The Hall–Kier alpha value is -1.49. The molecule has 0 aliphatic heterocycles. The molecule has 0 saturated heterocycles. The van der Waals surface area contributed by atoms with Gasteiger partial charge in [-0.3, -0.25) is 4.68 Å². The van der Waals surface area contributed by atoms with Crippen LogP contribution in [0.25, 0.3) is 0 Å². The maximum Gasteiger partial charge on any atom is 0.121 e. The quantitative estimate of drug-likeness (QED) is 0.943. The largest absolute Gasteiger partial charge is 0.497 e. The van der Waals surface area contributed by atoms with E-state index in [2.05, 4.69) is 32.4 Å². The SMILES string of the molecule is COc1ccc(Br)c(NCc2cc(C)nn2C)c1. The van der Waals surface area contributed by atoms with Crippen LogP contribution in [0.1, 0.15) is 11.4 Å². The highest BCUT2D eigenvalue weighted by Gasteiger charge is 2.05. The molecule has 0 radical (unpaired) electrons. The van der Waals surface area contributed by atoms with E-state index in [9.17, 15) is 0 Å². The van der Waals surface area contributed by atoms with Crippen molar-refractivity contribution in [1.29, 1.82) is 0 Å². The van der Waals surface area contributed by atoms with Gasteiger partial charge in [0.05, 0.1) is 30.7 Å². The van der Waals surface area contributed by atoms with Crippen molar-refractivity contribution < 1.29 is 4.74 Å². The van der Waals surface area contributed by atoms with E-state index in [0.717, 1.165) is 33.8 Å². The maximum absolute atomic E-state index is 5.21. The first-order valence-electron chi connectivity index (χ1n) is 5.67. The third kappa shape index (κ3) is 2.85. The number of benzene rings is 1. The zero-order valence-corrected chi connectivity index (χ0v) is 12.3. The lowest BCUT2D eigenvalue weighted by molar-refractivity contribution is 0.415. The second kappa shape index (κ2) is 5.44. The summed E-state index contributed by atoms with van der Waals surface area (Å²) >= 11 is 3.52. The molecule has 5 heteroatoms. The first kappa shape index (κ1) is 13.0. The van der Waals surface area contributed by atoms with Crippen LogP contribution in [0.15, 0.2) is 28.7 Å². The van der Waals surface area contributed by atoms with E-state index in [4.69, 9.17) is 4.74 Å². The van der Waals surface area contributed by atoms with Crippen molar-refractivity contribution in [2.24, 2.45) is 7.05 Å². The number of anilines is 1. The molecule has 1 aromatic heterocycles. The molecule has 1 heterocycles. The van der Waals surface area contributed by atoms with Crippen LogP contribution < -0.4 is 10.1 Å². The smallest absolute Gasteiger partial charge is 0.121 e. The van der Waals surface area contributed by atoms with Gasteiger partial charge in [0.25, 0.3) is 0 Å². The molecule has 0 atom stereocenters. The second-order valence-electron chi connectivity index (χ2n) is 4.10. The Morgan fingerprint density at radius 2 is 2.17 bits per heavy atom. The van der Waals surface area contributed by atoms with Gasteiger partial charge in [-0.25, -0.2) is 0 Å². The average Bonchev–Trinajstić information content (AvgIpc) is 2.67. The first-order valence-corrected chi connectivity index (χ1v) is 6.46. The van der Waals surface area contributed by atoms with Crippen molar-refractivity contribution in [3.8, 4) is 5.75 Å². The highest BCUT2D eigenvalue weighted by molar-refractivity contribution is 9.10. The van der Waals surface area contributed by atoms with Gasteiger partial charge in [0.15, 0.2) is 0 Å². The number of nitrogens with zero attached hydrogens (tertiary/aromatic N) is 2. The van der Waals surface area contributed by atoms with Crippen LogP contribution in [0.5, 0.6) is 5.75 Å². The van der Waals surface area contributed by atoms with E-state index in [1.54, 1.807) is 7.11 Å². The van der Waals surface area contributed by atoms with E-state index in [1.807, 2.05) is 36.9 Å². The standard InChI is InChI=1S/C13H16BrN3O/c1-9-6-10(17(2)16-9)8-15-13-7-11(18-3)4-5-12(13)14/h4-7,15H,8H2,1-3H3. The van der Waals surface area contributed by atoms with Gasteiger partial charge in [0.1, 0.15) is 5.75 Å². The Morgan fingerprint density at radius 1 is 1.39 bits per heavy atom. The van der Waals surface area contributed by atoms with Crippen LogP contribution in [0.2, 0.25) is 0 Å². The summed E-state index contributed by atoms with van der Waals surface area (Å²) in [6, 6.07) is 7.92. The predicted octanol–water partition coefficient (Wildman–Crippen LogP) is 3.11. The Morgan fingerprint density at radius 3 is 2.78 bits per heavy atom. The number of aryl methyl sites for hydroxylation is 2.